The van der Waals surface area contributed by atoms with Gasteiger partial charge in [-0.1, -0.05) is 91.0 Å². The van der Waals surface area contributed by atoms with Crippen LogP contribution in [-0.2, 0) is 38.8 Å². The van der Waals surface area contributed by atoms with E-state index in [0.29, 0.717) is 6.61 Å². The van der Waals surface area contributed by atoms with Crippen molar-refractivity contribution in [1.29, 1.82) is 0 Å². The summed E-state index contributed by atoms with van der Waals surface area (Å²) < 4.78 is 38.1. The number of ether oxygens (including phenoxy) is 4. The van der Waals surface area contributed by atoms with Crippen LogP contribution in [0.25, 0.3) is 0 Å². The Kier molecular flexibility index (Phi) is 8.58. The number of hydrogen-bond acceptors (Lipinski definition) is 5. The van der Waals surface area contributed by atoms with Gasteiger partial charge in [-0.3, -0.25) is 0 Å². The molecule has 0 aromatic heterocycles. The van der Waals surface area contributed by atoms with Crippen LogP contribution in [0.1, 0.15) is 16.7 Å². The summed E-state index contributed by atoms with van der Waals surface area (Å²) in [4.78, 5) is 0. The second-order valence-electron chi connectivity index (χ2n) is 8.04. The number of aliphatic hydroxyl groups is 1. The molecule has 1 aliphatic rings. The van der Waals surface area contributed by atoms with Gasteiger partial charge in [0.2, 0.25) is 6.36 Å². The monoisotopic (exact) mass is 452 g/mol. The minimum absolute atomic E-state index is 0.0348. The Bertz CT molecular complexity index is 941. The van der Waals surface area contributed by atoms with Crippen LogP contribution in [0.4, 0.5) is 4.39 Å². The van der Waals surface area contributed by atoms with Crippen molar-refractivity contribution in [1.82, 2.24) is 0 Å². The SMILES string of the molecule is O[C@@H]1C(COCc2ccccc2)O[C@@H](F)C(OCc2ccccc2)C1OCc1ccccc1. The molecule has 33 heavy (non-hydrogen) atoms. The van der Waals surface area contributed by atoms with E-state index in [0.717, 1.165) is 16.7 Å². The fourth-order valence-electron chi connectivity index (χ4n) is 3.78. The summed E-state index contributed by atoms with van der Waals surface area (Å²) in [5, 5.41) is 11.0. The second-order valence-corrected chi connectivity index (χ2v) is 8.04. The van der Waals surface area contributed by atoms with E-state index in [4.69, 9.17) is 18.9 Å². The fourth-order valence-corrected chi connectivity index (χ4v) is 3.78. The van der Waals surface area contributed by atoms with Crippen molar-refractivity contribution in [3.05, 3.63) is 108 Å². The van der Waals surface area contributed by atoms with Crippen molar-refractivity contribution >= 4 is 0 Å². The van der Waals surface area contributed by atoms with Gasteiger partial charge in [-0.15, -0.1) is 0 Å². The zero-order chi connectivity index (χ0) is 22.9. The third-order valence-electron chi connectivity index (χ3n) is 5.57. The Labute approximate surface area is 193 Å². The quantitative estimate of drug-likeness (QED) is 0.493. The van der Waals surface area contributed by atoms with E-state index < -0.39 is 30.8 Å². The third kappa shape index (κ3) is 6.69. The molecule has 0 amide bonds. The van der Waals surface area contributed by atoms with Crippen LogP contribution in [0.5, 0.6) is 0 Å². The van der Waals surface area contributed by atoms with Gasteiger partial charge in [0, 0.05) is 0 Å². The standard InChI is InChI=1S/C27H29FO5/c28-27-26(32-18-22-14-8-3-9-15-22)25(31-17-21-12-6-2-7-13-21)24(29)23(33-27)19-30-16-20-10-4-1-5-11-20/h1-15,23-27,29H,16-19H2/t23?,24-,25?,26?,27-/m1/s1. The summed E-state index contributed by atoms with van der Waals surface area (Å²) >= 11 is 0. The molecule has 174 valence electrons. The third-order valence-corrected chi connectivity index (χ3v) is 5.57. The smallest absolute Gasteiger partial charge is 0.228 e. The highest BCUT2D eigenvalue weighted by molar-refractivity contribution is 5.15. The topological polar surface area (TPSA) is 57.2 Å². The molecule has 5 nitrogen and oxygen atoms in total. The molecule has 5 atom stereocenters. The maximum absolute atomic E-state index is 15.1. The van der Waals surface area contributed by atoms with Crippen LogP contribution in [0.2, 0.25) is 0 Å². The summed E-state index contributed by atoms with van der Waals surface area (Å²) in [6, 6.07) is 28.7. The molecule has 6 heteroatoms. The predicted molar refractivity (Wildman–Crippen MR) is 122 cm³/mol. The van der Waals surface area contributed by atoms with Gasteiger partial charge in [0.1, 0.15) is 24.4 Å². The summed E-state index contributed by atoms with van der Waals surface area (Å²) in [6.45, 7) is 0.779. The van der Waals surface area contributed by atoms with E-state index in [1.165, 1.54) is 0 Å². The molecule has 3 unspecified atom stereocenters. The van der Waals surface area contributed by atoms with E-state index in [1.54, 1.807) is 0 Å². The molecule has 1 N–H and O–H groups in total. The Balaban J connectivity index is 1.41. The number of benzene rings is 3. The summed E-state index contributed by atoms with van der Waals surface area (Å²) in [6.07, 6.45) is -5.74. The Morgan fingerprint density at radius 2 is 1.12 bits per heavy atom. The zero-order valence-electron chi connectivity index (χ0n) is 18.3. The van der Waals surface area contributed by atoms with Gasteiger partial charge in [0.05, 0.1) is 26.4 Å². The van der Waals surface area contributed by atoms with Gasteiger partial charge in [0.25, 0.3) is 0 Å². The lowest BCUT2D eigenvalue weighted by molar-refractivity contribution is -0.289. The lowest BCUT2D eigenvalue weighted by atomic mass is 9.99. The first kappa shape index (κ1) is 23.5. The predicted octanol–water partition coefficient (Wildman–Crippen LogP) is 4.43. The van der Waals surface area contributed by atoms with Crippen LogP contribution in [0.3, 0.4) is 0 Å². The molecule has 1 aliphatic heterocycles. The number of halogens is 1. The molecule has 0 bridgehead atoms. The van der Waals surface area contributed by atoms with E-state index in [-0.39, 0.29) is 19.8 Å². The lowest BCUT2D eigenvalue weighted by Gasteiger charge is -2.41. The van der Waals surface area contributed by atoms with Crippen LogP contribution < -0.4 is 0 Å². The molecule has 1 saturated heterocycles. The van der Waals surface area contributed by atoms with Crippen LogP contribution in [0, 0.1) is 0 Å². The molecule has 0 radical (unpaired) electrons. The zero-order valence-corrected chi connectivity index (χ0v) is 18.3. The van der Waals surface area contributed by atoms with Gasteiger partial charge < -0.3 is 24.1 Å². The number of alkyl halides is 1. The van der Waals surface area contributed by atoms with Crippen molar-refractivity contribution in [3.63, 3.8) is 0 Å². The van der Waals surface area contributed by atoms with Crippen molar-refractivity contribution < 1.29 is 28.4 Å². The van der Waals surface area contributed by atoms with Gasteiger partial charge >= 0.3 is 0 Å². The first-order valence-corrected chi connectivity index (χ1v) is 11.1. The average Bonchev–Trinajstić information content (AvgIpc) is 2.86. The number of rotatable bonds is 10. The Hall–Kier alpha value is -2.61. The highest BCUT2D eigenvalue weighted by Gasteiger charge is 2.47. The summed E-state index contributed by atoms with van der Waals surface area (Å²) in [5.41, 5.74) is 2.81. The molecule has 0 spiro atoms. The Morgan fingerprint density at radius 3 is 1.64 bits per heavy atom. The molecule has 1 fully saturated rings. The Morgan fingerprint density at radius 1 is 0.667 bits per heavy atom. The van der Waals surface area contributed by atoms with Gasteiger partial charge in [-0.25, -0.2) is 4.39 Å². The van der Waals surface area contributed by atoms with Crippen molar-refractivity contribution in [3.8, 4) is 0 Å². The highest BCUT2D eigenvalue weighted by Crippen LogP contribution is 2.29. The van der Waals surface area contributed by atoms with Gasteiger partial charge in [0.15, 0.2) is 0 Å². The molecule has 3 aromatic carbocycles. The minimum atomic E-state index is -1.76. The highest BCUT2D eigenvalue weighted by atomic mass is 19.1. The maximum atomic E-state index is 15.1. The van der Waals surface area contributed by atoms with E-state index in [2.05, 4.69) is 0 Å². The molecular weight excluding hydrogens is 423 g/mol. The van der Waals surface area contributed by atoms with Crippen LogP contribution in [-0.4, -0.2) is 42.5 Å². The normalized spacial score (nSPS) is 25.1. The lowest BCUT2D eigenvalue weighted by Crippen LogP contribution is -2.59. The van der Waals surface area contributed by atoms with E-state index >= 15 is 4.39 Å². The van der Waals surface area contributed by atoms with Crippen LogP contribution >= 0.6 is 0 Å². The van der Waals surface area contributed by atoms with Crippen molar-refractivity contribution in [2.45, 2.75) is 50.6 Å². The molecular formula is C27H29FO5. The molecule has 0 saturated carbocycles. The molecule has 0 aliphatic carbocycles. The molecule has 4 rings (SSSR count). The van der Waals surface area contributed by atoms with Gasteiger partial charge in [-0.2, -0.15) is 0 Å². The minimum Gasteiger partial charge on any atom is -0.387 e. The average molecular weight is 453 g/mol. The van der Waals surface area contributed by atoms with E-state index in [1.807, 2.05) is 91.0 Å². The van der Waals surface area contributed by atoms with Crippen molar-refractivity contribution in [2.75, 3.05) is 6.61 Å². The first-order chi connectivity index (χ1) is 16.2. The number of hydrogen-bond donors (Lipinski definition) is 1. The van der Waals surface area contributed by atoms with Crippen molar-refractivity contribution in [2.24, 2.45) is 0 Å². The first-order valence-electron chi connectivity index (χ1n) is 11.1. The maximum Gasteiger partial charge on any atom is 0.228 e. The largest absolute Gasteiger partial charge is 0.387 e. The van der Waals surface area contributed by atoms with Crippen LogP contribution in [0.15, 0.2) is 91.0 Å². The van der Waals surface area contributed by atoms with Gasteiger partial charge in [-0.05, 0) is 16.7 Å². The number of aliphatic hydroxyl groups excluding tert-OH is 1. The fraction of sp³-hybridized carbons (Fsp3) is 0.333. The molecule has 3 aromatic rings. The second kappa shape index (κ2) is 12.0. The summed E-state index contributed by atoms with van der Waals surface area (Å²) in [7, 11) is 0. The summed E-state index contributed by atoms with van der Waals surface area (Å²) in [5.74, 6) is 0. The molecule has 1 heterocycles. The van der Waals surface area contributed by atoms with E-state index in [9.17, 15) is 5.11 Å².